The molecule has 0 aromatic heterocycles. The van der Waals surface area contributed by atoms with Gasteiger partial charge in [-0.25, -0.2) is 0 Å². The smallest absolute Gasteiger partial charge is 0.251 e. The number of hydrogen-bond acceptors (Lipinski definition) is 2. The van der Waals surface area contributed by atoms with Gasteiger partial charge in [0.15, 0.2) is 0 Å². The highest BCUT2D eigenvalue weighted by Crippen LogP contribution is 2.29. The average Bonchev–Trinajstić information content (AvgIpc) is 2.64. The van der Waals surface area contributed by atoms with Crippen molar-refractivity contribution in [1.82, 2.24) is 0 Å². The first-order chi connectivity index (χ1) is 10.6. The minimum absolute atomic E-state index is 0.0494. The largest absolute Gasteiger partial charge is 0.307 e. The van der Waals surface area contributed by atoms with Crippen molar-refractivity contribution in [3.8, 4) is 0 Å². The summed E-state index contributed by atoms with van der Waals surface area (Å²) < 4.78 is 0. The fourth-order valence-corrected chi connectivity index (χ4v) is 2.88. The third kappa shape index (κ3) is 2.43. The molecule has 0 radical (unpaired) electrons. The number of anilines is 1. The number of aliphatic imine (C=N–C) groups is 1. The Kier molecular flexibility index (Phi) is 3.80. The van der Waals surface area contributed by atoms with Crippen molar-refractivity contribution in [2.24, 2.45) is 4.99 Å². The topological polar surface area (TPSA) is 32.7 Å². The zero-order chi connectivity index (χ0) is 15.7. The van der Waals surface area contributed by atoms with Crippen molar-refractivity contribution in [1.29, 1.82) is 0 Å². The fraction of sp³-hybridized carbons (Fsp3) is 0.263. The van der Waals surface area contributed by atoms with Crippen LogP contribution in [0.2, 0.25) is 0 Å². The first-order valence-electron chi connectivity index (χ1n) is 7.65. The van der Waals surface area contributed by atoms with Crippen LogP contribution in [0.25, 0.3) is 0 Å². The van der Waals surface area contributed by atoms with E-state index in [4.69, 9.17) is 4.99 Å². The number of rotatable bonds is 2. The van der Waals surface area contributed by atoms with Crippen LogP contribution in [-0.4, -0.2) is 23.7 Å². The molecule has 0 fully saturated rings. The van der Waals surface area contributed by atoms with Gasteiger partial charge in [-0.15, -0.1) is 0 Å². The van der Waals surface area contributed by atoms with E-state index in [1.165, 1.54) is 0 Å². The molecular weight excluding hydrogens is 272 g/mol. The zero-order valence-electron chi connectivity index (χ0n) is 13.2. The normalized spacial score (nSPS) is 18.0. The lowest BCUT2D eigenvalue weighted by Gasteiger charge is -2.28. The molecule has 1 aliphatic heterocycles. The summed E-state index contributed by atoms with van der Waals surface area (Å²) in [6, 6.07) is 17.8. The average molecular weight is 292 g/mol. The minimum atomic E-state index is -0.384. The summed E-state index contributed by atoms with van der Waals surface area (Å²) >= 11 is 0. The molecular formula is C19H20N2O. The quantitative estimate of drug-likeness (QED) is 0.831. The molecule has 3 heteroatoms. The SMILES string of the molecule is CC1N=C(c2ccccc2)c2ccccc2N(C(C)C)C1=O. The Labute approximate surface area is 131 Å². The van der Waals surface area contributed by atoms with E-state index >= 15 is 0 Å². The Morgan fingerprint density at radius 2 is 1.64 bits per heavy atom. The summed E-state index contributed by atoms with van der Waals surface area (Å²) in [5.74, 6) is 0.0494. The van der Waals surface area contributed by atoms with Gasteiger partial charge >= 0.3 is 0 Å². The fourth-order valence-electron chi connectivity index (χ4n) is 2.88. The van der Waals surface area contributed by atoms with E-state index in [0.717, 1.165) is 22.5 Å². The Hall–Kier alpha value is -2.42. The third-order valence-corrected chi connectivity index (χ3v) is 3.90. The van der Waals surface area contributed by atoms with Crippen molar-refractivity contribution in [3.05, 3.63) is 65.7 Å². The molecule has 0 saturated carbocycles. The van der Waals surface area contributed by atoms with E-state index in [1.807, 2.05) is 80.3 Å². The van der Waals surface area contributed by atoms with Gasteiger partial charge in [-0.3, -0.25) is 9.79 Å². The van der Waals surface area contributed by atoms with Crippen LogP contribution in [0.3, 0.4) is 0 Å². The van der Waals surface area contributed by atoms with E-state index in [9.17, 15) is 4.79 Å². The zero-order valence-corrected chi connectivity index (χ0v) is 13.2. The minimum Gasteiger partial charge on any atom is -0.307 e. The Bertz CT molecular complexity index is 719. The van der Waals surface area contributed by atoms with Crippen molar-refractivity contribution in [3.63, 3.8) is 0 Å². The summed E-state index contributed by atoms with van der Waals surface area (Å²) in [5.41, 5.74) is 3.88. The predicted octanol–water partition coefficient (Wildman–Crippen LogP) is 3.67. The summed E-state index contributed by atoms with van der Waals surface area (Å²) in [6.07, 6.45) is 0. The Balaban J connectivity index is 2.24. The number of hydrogen-bond donors (Lipinski definition) is 0. The highest BCUT2D eigenvalue weighted by molar-refractivity contribution is 6.20. The molecule has 1 heterocycles. The molecule has 0 N–H and O–H groups in total. The number of benzene rings is 2. The van der Waals surface area contributed by atoms with Crippen LogP contribution in [0, 0.1) is 0 Å². The van der Waals surface area contributed by atoms with Gasteiger partial charge < -0.3 is 4.90 Å². The molecule has 0 spiro atoms. The number of amides is 1. The summed E-state index contributed by atoms with van der Waals surface area (Å²) in [7, 11) is 0. The van der Waals surface area contributed by atoms with E-state index in [-0.39, 0.29) is 18.0 Å². The van der Waals surface area contributed by atoms with Crippen LogP contribution in [0.15, 0.2) is 59.6 Å². The van der Waals surface area contributed by atoms with E-state index in [1.54, 1.807) is 0 Å². The molecule has 0 bridgehead atoms. The van der Waals surface area contributed by atoms with Gasteiger partial charge in [0.1, 0.15) is 6.04 Å². The molecule has 3 rings (SSSR count). The van der Waals surface area contributed by atoms with Crippen LogP contribution in [0.4, 0.5) is 5.69 Å². The van der Waals surface area contributed by atoms with E-state index in [0.29, 0.717) is 0 Å². The van der Waals surface area contributed by atoms with E-state index < -0.39 is 0 Å². The van der Waals surface area contributed by atoms with Gasteiger partial charge in [-0.05, 0) is 26.8 Å². The van der Waals surface area contributed by atoms with Crippen LogP contribution in [0.1, 0.15) is 31.9 Å². The van der Waals surface area contributed by atoms with Gasteiger partial charge in [0.2, 0.25) is 0 Å². The lowest BCUT2D eigenvalue weighted by molar-refractivity contribution is -0.119. The van der Waals surface area contributed by atoms with Gasteiger partial charge in [-0.1, -0.05) is 48.5 Å². The van der Waals surface area contributed by atoms with Crippen LogP contribution >= 0.6 is 0 Å². The highest BCUT2D eigenvalue weighted by Gasteiger charge is 2.30. The van der Waals surface area contributed by atoms with Crippen LogP contribution < -0.4 is 4.90 Å². The molecule has 2 aromatic rings. The van der Waals surface area contributed by atoms with Gasteiger partial charge in [0.05, 0.1) is 11.4 Å². The maximum atomic E-state index is 12.7. The summed E-state index contributed by atoms with van der Waals surface area (Å²) in [6.45, 7) is 5.94. The summed E-state index contributed by atoms with van der Waals surface area (Å²) in [5, 5.41) is 0. The standard InChI is InChI=1S/C19H20N2O/c1-13(2)21-17-12-8-7-11-16(17)18(20-14(3)19(21)22)15-9-5-4-6-10-15/h4-14H,1-3H3. The van der Waals surface area contributed by atoms with Crippen molar-refractivity contribution < 1.29 is 4.79 Å². The number of fused-ring (bicyclic) bond motifs is 1. The van der Waals surface area contributed by atoms with Gasteiger partial charge in [0, 0.05) is 17.2 Å². The second kappa shape index (κ2) is 5.76. The number of nitrogens with zero attached hydrogens (tertiary/aromatic N) is 2. The predicted molar refractivity (Wildman–Crippen MR) is 90.6 cm³/mol. The number of carbonyl (C=O) groups excluding carboxylic acids is 1. The lowest BCUT2D eigenvalue weighted by atomic mass is 10.00. The summed E-state index contributed by atoms with van der Waals surface area (Å²) in [4.78, 5) is 19.3. The van der Waals surface area contributed by atoms with E-state index in [2.05, 4.69) is 0 Å². The molecule has 1 unspecified atom stereocenters. The van der Waals surface area contributed by atoms with Crippen molar-refractivity contribution in [2.45, 2.75) is 32.9 Å². The molecule has 1 amide bonds. The Morgan fingerprint density at radius 3 is 2.32 bits per heavy atom. The third-order valence-electron chi connectivity index (χ3n) is 3.90. The highest BCUT2D eigenvalue weighted by atomic mass is 16.2. The molecule has 22 heavy (non-hydrogen) atoms. The van der Waals surface area contributed by atoms with Crippen LogP contribution in [-0.2, 0) is 4.79 Å². The van der Waals surface area contributed by atoms with Crippen molar-refractivity contribution >= 4 is 17.3 Å². The molecule has 3 nitrogen and oxygen atoms in total. The monoisotopic (exact) mass is 292 g/mol. The Morgan fingerprint density at radius 1 is 1.00 bits per heavy atom. The molecule has 0 aliphatic carbocycles. The maximum Gasteiger partial charge on any atom is 0.251 e. The number of carbonyl (C=O) groups is 1. The second-order valence-corrected chi connectivity index (χ2v) is 5.84. The molecule has 1 atom stereocenters. The molecule has 1 aliphatic rings. The first kappa shape index (κ1) is 14.5. The number of para-hydroxylation sites is 1. The first-order valence-corrected chi connectivity index (χ1v) is 7.65. The second-order valence-electron chi connectivity index (χ2n) is 5.84. The number of benzodiazepines with no additional fused rings is 1. The van der Waals surface area contributed by atoms with Gasteiger partial charge in [0.25, 0.3) is 5.91 Å². The lowest BCUT2D eigenvalue weighted by Crippen LogP contribution is -2.41. The molecule has 0 saturated heterocycles. The van der Waals surface area contributed by atoms with Crippen molar-refractivity contribution in [2.75, 3.05) is 4.90 Å². The molecule has 2 aromatic carbocycles. The molecule has 112 valence electrons. The van der Waals surface area contributed by atoms with Crippen LogP contribution in [0.5, 0.6) is 0 Å². The maximum absolute atomic E-state index is 12.7. The van der Waals surface area contributed by atoms with Gasteiger partial charge in [-0.2, -0.15) is 0 Å².